The second-order valence-electron chi connectivity index (χ2n) is 5.97. The van der Waals surface area contributed by atoms with Crippen molar-refractivity contribution in [3.63, 3.8) is 0 Å². The van der Waals surface area contributed by atoms with Gasteiger partial charge in [-0.25, -0.2) is 0 Å². The zero-order valence-electron chi connectivity index (χ0n) is 12.5. The smallest absolute Gasteiger partial charge is 0.253 e. The molecule has 1 saturated carbocycles. The number of nitrogens with zero attached hydrogens (tertiary/aromatic N) is 1. The van der Waals surface area contributed by atoms with Crippen LogP contribution in [0.1, 0.15) is 36.0 Å². The van der Waals surface area contributed by atoms with E-state index < -0.39 is 0 Å². The Labute approximate surface area is 125 Å². The molecule has 21 heavy (non-hydrogen) atoms. The van der Waals surface area contributed by atoms with Crippen LogP contribution in [-0.4, -0.2) is 43.1 Å². The van der Waals surface area contributed by atoms with E-state index in [1.165, 1.54) is 12.8 Å². The number of rotatable bonds is 4. The topological polar surface area (TPSA) is 67.6 Å². The molecular weight excluding hydrogens is 266 g/mol. The molecule has 1 aromatic rings. The number of carbonyl (C=O) groups excluding carboxylic acids is 1. The lowest BCUT2D eigenvalue weighted by Gasteiger charge is -2.32. The van der Waals surface area contributed by atoms with Gasteiger partial charge in [-0.2, -0.15) is 0 Å². The van der Waals surface area contributed by atoms with E-state index >= 15 is 0 Å². The van der Waals surface area contributed by atoms with Gasteiger partial charge in [0.2, 0.25) is 0 Å². The first-order chi connectivity index (χ1) is 10.2. The molecular formula is C16H23N3O2. The molecule has 3 N–H and O–H groups in total. The molecule has 0 bridgehead atoms. The standard InChI is InChI=1S/C16H23N3O2/c1-21-13-4-5-15(17)14(10-13)16(20)18-11-6-8-19(9-7-11)12-2-3-12/h4-5,10-12H,2-3,6-9,17H2,1H3,(H,18,20). The van der Waals surface area contributed by atoms with E-state index in [1.807, 2.05) is 0 Å². The van der Waals surface area contributed by atoms with Crippen molar-refractivity contribution in [2.45, 2.75) is 37.8 Å². The van der Waals surface area contributed by atoms with E-state index in [2.05, 4.69) is 10.2 Å². The van der Waals surface area contributed by atoms with Gasteiger partial charge in [0, 0.05) is 30.9 Å². The Morgan fingerprint density at radius 2 is 2.00 bits per heavy atom. The Hall–Kier alpha value is -1.75. The van der Waals surface area contributed by atoms with Gasteiger partial charge >= 0.3 is 0 Å². The predicted octanol–water partition coefficient (Wildman–Crippen LogP) is 1.63. The van der Waals surface area contributed by atoms with Gasteiger partial charge in [0.15, 0.2) is 0 Å². The number of likely N-dealkylation sites (tertiary alicyclic amines) is 1. The highest BCUT2D eigenvalue weighted by Gasteiger charge is 2.32. The SMILES string of the molecule is COc1ccc(N)c(C(=O)NC2CCN(C3CC3)CC2)c1. The van der Waals surface area contributed by atoms with Gasteiger partial charge < -0.3 is 20.7 Å². The van der Waals surface area contributed by atoms with Crippen molar-refractivity contribution in [3.8, 4) is 5.75 Å². The number of nitrogens with two attached hydrogens (primary N) is 1. The number of nitrogen functional groups attached to an aromatic ring is 1. The third kappa shape index (κ3) is 3.29. The molecule has 1 aromatic carbocycles. The molecule has 0 radical (unpaired) electrons. The monoisotopic (exact) mass is 289 g/mol. The van der Waals surface area contributed by atoms with Crippen LogP contribution in [0.5, 0.6) is 5.75 Å². The molecule has 1 saturated heterocycles. The first-order valence-corrected chi connectivity index (χ1v) is 7.66. The van der Waals surface area contributed by atoms with Crippen molar-refractivity contribution >= 4 is 11.6 Å². The molecule has 0 unspecified atom stereocenters. The summed E-state index contributed by atoms with van der Waals surface area (Å²) in [6.45, 7) is 2.17. The normalized spacial score (nSPS) is 20.2. The summed E-state index contributed by atoms with van der Waals surface area (Å²) >= 11 is 0. The Bertz CT molecular complexity index is 520. The Morgan fingerprint density at radius 3 is 2.62 bits per heavy atom. The minimum atomic E-state index is -0.101. The number of hydrogen-bond acceptors (Lipinski definition) is 4. The summed E-state index contributed by atoms with van der Waals surface area (Å²) in [4.78, 5) is 14.9. The summed E-state index contributed by atoms with van der Waals surface area (Å²) in [6.07, 6.45) is 4.73. The third-order valence-corrected chi connectivity index (χ3v) is 4.43. The van der Waals surface area contributed by atoms with Crippen LogP contribution in [0.25, 0.3) is 0 Å². The van der Waals surface area contributed by atoms with E-state index in [9.17, 15) is 4.79 Å². The summed E-state index contributed by atoms with van der Waals surface area (Å²) < 4.78 is 5.16. The molecule has 1 aliphatic carbocycles. The molecule has 0 spiro atoms. The lowest BCUT2D eigenvalue weighted by molar-refractivity contribution is 0.0909. The van der Waals surface area contributed by atoms with E-state index in [4.69, 9.17) is 10.5 Å². The van der Waals surface area contributed by atoms with Crippen molar-refractivity contribution in [1.82, 2.24) is 10.2 Å². The number of piperidine rings is 1. The van der Waals surface area contributed by atoms with Crippen molar-refractivity contribution in [2.24, 2.45) is 0 Å². The summed E-state index contributed by atoms with van der Waals surface area (Å²) in [5.74, 6) is 0.550. The number of benzene rings is 1. The maximum atomic E-state index is 12.4. The van der Waals surface area contributed by atoms with Crippen LogP contribution in [-0.2, 0) is 0 Å². The minimum absolute atomic E-state index is 0.101. The number of amides is 1. The minimum Gasteiger partial charge on any atom is -0.497 e. The number of hydrogen-bond donors (Lipinski definition) is 2. The van der Waals surface area contributed by atoms with Crippen LogP contribution in [0.3, 0.4) is 0 Å². The van der Waals surface area contributed by atoms with Gasteiger partial charge in [-0.1, -0.05) is 0 Å². The average Bonchev–Trinajstić information content (AvgIpc) is 3.33. The number of methoxy groups -OCH3 is 1. The fraction of sp³-hybridized carbons (Fsp3) is 0.562. The number of ether oxygens (including phenoxy) is 1. The van der Waals surface area contributed by atoms with Crippen LogP contribution in [0, 0.1) is 0 Å². The predicted molar refractivity (Wildman–Crippen MR) is 82.5 cm³/mol. The van der Waals surface area contributed by atoms with E-state index in [0.717, 1.165) is 32.0 Å². The second kappa shape index (κ2) is 5.93. The Morgan fingerprint density at radius 1 is 1.29 bits per heavy atom. The summed E-state index contributed by atoms with van der Waals surface area (Å²) in [6, 6.07) is 6.24. The van der Waals surface area contributed by atoms with Gasteiger partial charge in [-0.15, -0.1) is 0 Å². The van der Waals surface area contributed by atoms with Gasteiger partial charge in [0.25, 0.3) is 5.91 Å². The number of anilines is 1. The zero-order valence-corrected chi connectivity index (χ0v) is 12.5. The fourth-order valence-corrected chi connectivity index (χ4v) is 2.97. The molecule has 0 atom stereocenters. The molecule has 1 amide bonds. The fourth-order valence-electron chi connectivity index (χ4n) is 2.97. The maximum Gasteiger partial charge on any atom is 0.253 e. The van der Waals surface area contributed by atoms with Gasteiger partial charge in [0.1, 0.15) is 5.75 Å². The molecule has 2 fully saturated rings. The molecule has 1 heterocycles. The average molecular weight is 289 g/mol. The molecule has 5 heteroatoms. The largest absolute Gasteiger partial charge is 0.497 e. The lowest BCUT2D eigenvalue weighted by Crippen LogP contribution is -2.45. The summed E-state index contributed by atoms with van der Waals surface area (Å²) in [7, 11) is 1.58. The van der Waals surface area contributed by atoms with Crippen LogP contribution in [0.15, 0.2) is 18.2 Å². The second-order valence-corrected chi connectivity index (χ2v) is 5.97. The quantitative estimate of drug-likeness (QED) is 0.827. The van der Waals surface area contributed by atoms with Gasteiger partial charge in [-0.05, 0) is 43.9 Å². The maximum absolute atomic E-state index is 12.4. The van der Waals surface area contributed by atoms with Crippen molar-refractivity contribution in [2.75, 3.05) is 25.9 Å². The first-order valence-electron chi connectivity index (χ1n) is 7.66. The van der Waals surface area contributed by atoms with Crippen LogP contribution in [0.4, 0.5) is 5.69 Å². The molecule has 3 rings (SSSR count). The first kappa shape index (κ1) is 14.2. The molecule has 1 aliphatic heterocycles. The van der Waals surface area contributed by atoms with Crippen LogP contribution >= 0.6 is 0 Å². The molecule has 5 nitrogen and oxygen atoms in total. The summed E-state index contributed by atoms with van der Waals surface area (Å²) in [5, 5.41) is 3.11. The highest BCUT2D eigenvalue weighted by atomic mass is 16.5. The molecule has 114 valence electrons. The Kier molecular flexibility index (Phi) is 4.01. The third-order valence-electron chi connectivity index (χ3n) is 4.43. The van der Waals surface area contributed by atoms with Gasteiger partial charge in [0.05, 0.1) is 12.7 Å². The zero-order chi connectivity index (χ0) is 14.8. The lowest BCUT2D eigenvalue weighted by atomic mass is 10.0. The van der Waals surface area contributed by atoms with Crippen molar-refractivity contribution in [3.05, 3.63) is 23.8 Å². The van der Waals surface area contributed by atoms with E-state index in [-0.39, 0.29) is 11.9 Å². The number of nitrogens with one attached hydrogen (secondary N) is 1. The highest BCUT2D eigenvalue weighted by molar-refractivity contribution is 5.99. The molecule has 2 aliphatic rings. The van der Waals surface area contributed by atoms with Crippen molar-refractivity contribution < 1.29 is 9.53 Å². The molecule has 0 aromatic heterocycles. The van der Waals surface area contributed by atoms with Crippen LogP contribution < -0.4 is 15.8 Å². The van der Waals surface area contributed by atoms with E-state index in [1.54, 1.807) is 25.3 Å². The Balaban J connectivity index is 1.58. The highest BCUT2D eigenvalue weighted by Crippen LogP contribution is 2.29. The summed E-state index contributed by atoms with van der Waals surface area (Å²) in [5.41, 5.74) is 6.88. The van der Waals surface area contributed by atoms with Gasteiger partial charge in [-0.3, -0.25) is 4.79 Å². The van der Waals surface area contributed by atoms with Crippen molar-refractivity contribution in [1.29, 1.82) is 0 Å². The van der Waals surface area contributed by atoms with Crippen LogP contribution in [0.2, 0.25) is 0 Å². The number of carbonyl (C=O) groups is 1. The van der Waals surface area contributed by atoms with E-state index in [0.29, 0.717) is 17.0 Å².